The summed E-state index contributed by atoms with van der Waals surface area (Å²) in [7, 11) is 0. The van der Waals surface area contributed by atoms with Crippen LogP contribution in [0.1, 0.15) is 63.3 Å². The molecule has 0 aromatic carbocycles. The highest BCUT2D eigenvalue weighted by atomic mass is 16.6. The predicted octanol–water partition coefficient (Wildman–Crippen LogP) is 3.47. The molecule has 2 unspecified atom stereocenters. The molecule has 9 nitrogen and oxygen atoms in total. The number of ether oxygens (including phenoxy) is 1. The summed E-state index contributed by atoms with van der Waals surface area (Å²) in [6, 6.07) is 3.49. The lowest BCUT2D eigenvalue weighted by molar-refractivity contribution is -0.115. The number of H-pyrrole nitrogens is 1. The summed E-state index contributed by atoms with van der Waals surface area (Å²) in [6.07, 6.45) is 5.63. The Morgan fingerprint density at radius 2 is 2.10 bits per heavy atom. The van der Waals surface area contributed by atoms with Crippen molar-refractivity contribution >= 4 is 17.8 Å². The first-order chi connectivity index (χ1) is 14.1. The fourth-order valence-corrected chi connectivity index (χ4v) is 3.67. The number of aromatic amines is 1. The average molecular weight is 403 g/mol. The molecule has 0 spiro atoms. The van der Waals surface area contributed by atoms with E-state index < -0.39 is 0 Å². The zero-order valence-electron chi connectivity index (χ0n) is 17.0. The van der Waals surface area contributed by atoms with Gasteiger partial charge in [0.1, 0.15) is 11.9 Å². The van der Waals surface area contributed by atoms with Crippen molar-refractivity contribution in [3.63, 3.8) is 0 Å². The van der Waals surface area contributed by atoms with Crippen LogP contribution in [0.5, 0.6) is 0 Å². The normalized spacial score (nSPS) is 18.6. The van der Waals surface area contributed by atoms with E-state index in [1.165, 1.54) is 6.20 Å². The first-order valence-corrected chi connectivity index (χ1v) is 10.3. The van der Waals surface area contributed by atoms with Gasteiger partial charge >= 0.3 is 6.09 Å². The number of aromatic nitrogens is 3. The van der Waals surface area contributed by atoms with E-state index in [1.807, 2.05) is 6.07 Å². The lowest BCUT2D eigenvalue weighted by Crippen LogP contribution is -2.35. The summed E-state index contributed by atoms with van der Waals surface area (Å²) in [6.45, 7) is 5.56. The van der Waals surface area contributed by atoms with Gasteiger partial charge in [0.15, 0.2) is 5.82 Å². The summed E-state index contributed by atoms with van der Waals surface area (Å²) in [5.74, 6) is 0.983. The molecule has 0 radical (unpaired) electrons. The first-order valence-electron chi connectivity index (χ1n) is 10.3. The van der Waals surface area contributed by atoms with Crippen molar-refractivity contribution < 1.29 is 18.8 Å². The molecule has 3 rings (SSSR count). The van der Waals surface area contributed by atoms with Crippen LogP contribution in [-0.2, 0) is 16.0 Å². The molecule has 2 aromatic heterocycles. The Bertz CT molecular complexity index is 783. The molecule has 2 amide bonds. The van der Waals surface area contributed by atoms with Crippen molar-refractivity contribution in [1.29, 1.82) is 0 Å². The lowest BCUT2D eigenvalue weighted by Gasteiger charge is -2.23. The molecular weight excluding hydrogens is 374 g/mol. The number of hydrogen-bond donors (Lipinski definition) is 2. The second-order valence-corrected chi connectivity index (χ2v) is 7.42. The molecule has 0 aliphatic heterocycles. The van der Waals surface area contributed by atoms with Gasteiger partial charge in [0, 0.05) is 36.8 Å². The smallest absolute Gasteiger partial charge is 0.410 e. The third-order valence-electron chi connectivity index (χ3n) is 5.03. The number of anilines is 1. The number of carbonyl (C=O) groups is 2. The molecule has 0 bridgehead atoms. The van der Waals surface area contributed by atoms with E-state index in [4.69, 9.17) is 9.26 Å². The van der Waals surface area contributed by atoms with Crippen LogP contribution < -0.4 is 5.32 Å². The van der Waals surface area contributed by atoms with E-state index in [9.17, 15) is 9.59 Å². The van der Waals surface area contributed by atoms with Crippen molar-refractivity contribution in [2.75, 3.05) is 18.4 Å². The highest BCUT2D eigenvalue weighted by Crippen LogP contribution is 2.36. The van der Waals surface area contributed by atoms with Crippen LogP contribution in [0.3, 0.4) is 0 Å². The topological polar surface area (TPSA) is 113 Å². The Hall–Kier alpha value is -2.84. The van der Waals surface area contributed by atoms with Crippen molar-refractivity contribution in [3.8, 4) is 0 Å². The molecule has 1 saturated carbocycles. The van der Waals surface area contributed by atoms with E-state index in [2.05, 4.69) is 34.5 Å². The number of nitrogens with zero attached hydrogens (tertiary/aromatic N) is 3. The minimum atomic E-state index is -0.218. The van der Waals surface area contributed by atoms with Crippen LogP contribution in [0.4, 0.5) is 10.6 Å². The van der Waals surface area contributed by atoms with Crippen LogP contribution in [-0.4, -0.2) is 51.4 Å². The first kappa shape index (κ1) is 20.9. The monoisotopic (exact) mass is 403 g/mol. The van der Waals surface area contributed by atoms with E-state index in [0.717, 1.165) is 50.9 Å². The molecule has 29 heavy (non-hydrogen) atoms. The number of hydrogen-bond acceptors (Lipinski definition) is 6. The number of carbonyl (C=O) groups excluding carboxylic acids is 2. The van der Waals surface area contributed by atoms with E-state index in [-0.39, 0.29) is 30.4 Å². The van der Waals surface area contributed by atoms with Gasteiger partial charge in [0.2, 0.25) is 5.91 Å². The quantitative estimate of drug-likeness (QED) is 0.663. The second-order valence-electron chi connectivity index (χ2n) is 7.42. The average Bonchev–Trinajstić information content (AvgIpc) is 3.43. The molecule has 2 atom stereocenters. The summed E-state index contributed by atoms with van der Waals surface area (Å²) in [5.41, 5.74) is 0.942. The van der Waals surface area contributed by atoms with Crippen LogP contribution in [0, 0.1) is 0 Å². The van der Waals surface area contributed by atoms with Crippen molar-refractivity contribution in [1.82, 2.24) is 20.3 Å². The fourth-order valence-electron chi connectivity index (χ4n) is 3.67. The SMILES string of the molecule is CCCN(CCC)C(=O)OC1CCC(c2cc(NC(=O)Cc3ccno3)n[nH]2)C1. The fraction of sp³-hybridized carbons (Fsp3) is 0.600. The molecule has 1 aliphatic carbocycles. The minimum Gasteiger partial charge on any atom is -0.446 e. The molecule has 1 fully saturated rings. The van der Waals surface area contributed by atoms with Crippen molar-refractivity contribution in [3.05, 3.63) is 29.8 Å². The Kier molecular flexibility index (Phi) is 7.26. The Balaban J connectivity index is 1.48. The zero-order valence-corrected chi connectivity index (χ0v) is 17.0. The van der Waals surface area contributed by atoms with Crippen LogP contribution in [0.25, 0.3) is 0 Å². The van der Waals surface area contributed by atoms with Crippen LogP contribution >= 0.6 is 0 Å². The van der Waals surface area contributed by atoms with E-state index in [1.54, 1.807) is 11.0 Å². The molecule has 2 aromatic rings. The number of amides is 2. The summed E-state index contributed by atoms with van der Waals surface area (Å²) in [5, 5.41) is 13.5. The third kappa shape index (κ3) is 5.82. The van der Waals surface area contributed by atoms with Crippen molar-refractivity contribution in [2.45, 2.75) is 64.4 Å². The van der Waals surface area contributed by atoms with E-state index in [0.29, 0.717) is 11.6 Å². The van der Waals surface area contributed by atoms with Crippen LogP contribution in [0.2, 0.25) is 0 Å². The standard InChI is InChI=1S/C20H29N5O4/c1-3-9-25(10-4-2)20(27)28-15-6-5-14(11-15)17-13-18(24-23-17)22-19(26)12-16-7-8-21-29-16/h7-8,13-15H,3-6,9-12H2,1-2H3,(H2,22,23,24,26). The maximum atomic E-state index is 12.4. The second kappa shape index (κ2) is 10.1. The summed E-state index contributed by atoms with van der Waals surface area (Å²) >= 11 is 0. The van der Waals surface area contributed by atoms with Gasteiger partial charge in [-0.3, -0.25) is 9.89 Å². The highest BCUT2D eigenvalue weighted by molar-refractivity contribution is 5.91. The van der Waals surface area contributed by atoms with Gasteiger partial charge in [0.25, 0.3) is 0 Å². The molecule has 0 saturated heterocycles. The third-order valence-corrected chi connectivity index (χ3v) is 5.03. The molecule has 2 N–H and O–H groups in total. The Labute approximate surface area is 170 Å². The van der Waals surface area contributed by atoms with E-state index >= 15 is 0 Å². The largest absolute Gasteiger partial charge is 0.446 e. The number of rotatable bonds is 9. The molecular formula is C20H29N5O4. The lowest BCUT2D eigenvalue weighted by atomic mass is 10.0. The highest BCUT2D eigenvalue weighted by Gasteiger charge is 2.31. The Morgan fingerprint density at radius 3 is 2.79 bits per heavy atom. The maximum absolute atomic E-state index is 12.4. The summed E-state index contributed by atoms with van der Waals surface area (Å²) in [4.78, 5) is 26.2. The zero-order chi connectivity index (χ0) is 20.6. The van der Waals surface area contributed by atoms with Gasteiger partial charge < -0.3 is 19.5 Å². The Morgan fingerprint density at radius 1 is 1.31 bits per heavy atom. The van der Waals surface area contributed by atoms with Crippen molar-refractivity contribution in [2.24, 2.45) is 0 Å². The van der Waals surface area contributed by atoms with Gasteiger partial charge in [0.05, 0.1) is 12.6 Å². The van der Waals surface area contributed by atoms with Crippen LogP contribution in [0.15, 0.2) is 22.9 Å². The van der Waals surface area contributed by atoms with Gasteiger partial charge in [-0.25, -0.2) is 4.79 Å². The predicted molar refractivity (Wildman–Crippen MR) is 106 cm³/mol. The van der Waals surface area contributed by atoms with Gasteiger partial charge in [-0.2, -0.15) is 5.10 Å². The minimum absolute atomic E-state index is 0.0866. The molecule has 158 valence electrons. The van der Waals surface area contributed by atoms with Gasteiger partial charge in [-0.15, -0.1) is 0 Å². The summed E-state index contributed by atoms with van der Waals surface area (Å²) < 4.78 is 10.7. The van der Waals surface area contributed by atoms with Gasteiger partial charge in [-0.1, -0.05) is 19.0 Å². The van der Waals surface area contributed by atoms with Gasteiger partial charge in [-0.05, 0) is 32.1 Å². The number of nitrogens with one attached hydrogen (secondary N) is 2. The molecule has 1 aliphatic rings. The maximum Gasteiger partial charge on any atom is 0.410 e. The molecule has 9 heteroatoms. The molecule has 2 heterocycles.